The van der Waals surface area contributed by atoms with E-state index in [0.29, 0.717) is 17.5 Å². The highest BCUT2D eigenvalue weighted by molar-refractivity contribution is 6.30. The Morgan fingerprint density at radius 2 is 2.00 bits per heavy atom. The third kappa shape index (κ3) is 4.40. The highest BCUT2D eigenvalue weighted by Gasteiger charge is 2.03. The summed E-state index contributed by atoms with van der Waals surface area (Å²) in [5.41, 5.74) is 2.81. The zero-order valence-corrected chi connectivity index (χ0v) is 13.4. The molecule has 5 nitrogen and oxygen atoms in total. The molecule has 0 aliphatic heterocycles. The minimum atomic E-state index is 0.529. The molecule has 0 spiro atoms. The van der Waals surface area contributed by atoms with Gasteiger partial charge in [0.05, 0.1) is 0 Å². The van der Waals surface area contributed by atoms with Crippen molar-refractivity contribution in [1.29, 1.82) is 0 Å². The quantitative estimate of drug-likeness (QED) is 0.736. The summed E-state index contributed by atoms with van der Waals surface area (Å²) in [5.74, 6) is 1.28. The molecule has 0 amide bonds. The largest absolute Gasteiger partial charge is 0.366 e. The molecule has 23 heavy (non-hydrogen) atoms. The third-order valence-corrected chi connectivity index (χ3v) is 3.37. The van der Waals surface area contributed by atoms with E-state index in [0.717, 1.165) is 22.8 Å². The van der Waals surface area contributed by atoms with Gasteiger partial charge in [0.1, 0.15) is 5.82 Å². The lowest BCUT2D eigenvalue weighted by Crippen LogP contribution is -2.05. The van der Waals surface area contributed by atoms with E-state index in [1.807, 2.05) is 55.6 Å². The van der Waals surface area contributed by atoms with Crippen molar-refractivity contribution in [2.24, 2.45) is 0 Å². The van der Waals surface area contributed by atoms with Crippen LogP contribution in [-0.2, 0) is 6.54 Å². The van der Waals surface area contributed by atoms with Crippen LogP contribution in [0.5, 0.6) is 0 Å². The number of hydrogen-bond acceptors (Lipinski definition) is 5. The van der Waals surface area contributed by atoms with Gasteiger partial charge in [-0.3, -0.25) is 4.98 Å². The van der Waals surface area contributed by atoms with Gasteiger partial charge in [0.15, 0.2) is 0 Å². The molecule has 0 aliphatic rings. The second-order valence-electron chi connectivity index (χ2n) is 5.07. The van der Waals surface area contributed by atoms with Crippen molar-refractivity contribution in [2.45, 2.75) is 13.5 Å². The van der Waals surface area contributed by atoms with Crippen LogP contribution in [0.4, 0.5) is 17.5 Å². The first-order valence-electron chi connectivity index (χ1n) is 7.20. The molecule has 0 radical (unpaired) electrons. The fraction of sp³-hybridized carbons (Fsp3) is 0.118. The van der Waals surface area contributed by atoms with E-state index in [-0.39, 0.29) is 0 Å². The Hall–Kier alpha value is -2.66. The number of pyridine rings is 1. The van der Waals surface area contributed by atoms with E-state index in [1.165, 1.54) is 0 Å². The van der Waals surface area contributed by atoms with Crippen molar-refractivity contribution < 1.29 is 0 Å². The summed E-state index contributed by atoms with van der Waals surface area (Å²) in [7, 11) is 0. The first-order valence-corrected chi connectivity index (χ1v) is 7.58. The molecule has 0 atom stereocenters. The summed E-state index contributed by atoms with van der Waals surface area (Å²) in [6.07, 6.45) is 3.58. The van der Waals surface area contributed by atoms with E-state index in [9.17, 15) is 0 Å². The van der Waals surface area contributed by atoms with Crippen LogP contribution in [0.25, 0.3) is 0 Å². The van der Waals surface area contributed by atoms with Gasteiger partial charge in [0, 0.05) is 41.4 Å². The van der Waals surface area contributed by atoms with Gasteiger partial charge in [-0.15, -0.1) is 0 Å². The normalized spacial score (nSPS) is 10.3. The molecule has 2 heterocycles. The Morgan fingerprint density at radius 1 is 1.09 bits per heavy atom. The lowest BCUT2D eigenvalue weighted by molar-refractivity contribution is 1.05. The van der Waals surface area contributed by atoms with Crippen LogP contribution in [0, 0.1) is 6.92 Å². The number of nitrogens with zero attached hydrogens (tertiary/aromatic N) is 3. The molecule has 3 aromatic rings. The van der Waals surface area contributed by atoms with Crippen molar-refractivity contribution in [3.05, 3.63) is 71.1 Å². The van der Waals surface area contributed by atoms with Gasteiger partial charge in [0.2, 0.25) is 5.95 Å². The molecule has 0 saturated carbocycles. The first-order chi connectivity index (χ1) is 11.2. The average Bonchev–Trinajstić information content (AvgIpc) is 2.53. The van der Waals surface area contributed by atoms with Gasteiger partial charge in [-0.2, -0.15) is 4.98 Å². The minimum absolute atomic E-state index is 0.529. The number of benzene rings is 1. The summed E-state index contributed by atoms with van der Waals surface area (Å²) in [4.78, 5) is 13.0. The molecule has 0 bridgehead atoms. The lowest BCUT2D eigenvalue weighted by Gasteiger charge is -2.10. The summed E-state index contributed by atoms with van der Waals surface area (Å²) in [6.45, 7) is 2.58. The van der Waals surface area contributed by atoms with Crippen LogP contribution in [0.3, 0.4) is 0 Å². The second-order valence-corrected chi connectivity index (χ2v) is 5.50. The topological polar surface area (TPSA) is 62.7 Å². The van der Waals surface area contributed by atoms with Gasteiger partial charge >= 0.3 is 0 Å². The van der Waals surface area contributed by atoms with Crippen LogP contribution in [0.15, 0.2) is 54.9 Å². The zero-order chi connectivity index (χ0) is 16.1. The van der Waals surface area contributed by atoms with E-state index in [1.54, 1.807) is 6.20 Å². The summed E-state index contributed by atoms with van der Waals surface area (Å²) in [6, 6.07) is 13.3. The number of aryl methyl sites for hydroxylation is 1. The minimum Gasteiger partial charge on any atom is -0.366 e. The van der Waals surface area contributed by atoms with Crippen LogP contribution >= 0.6 is 11.6 Å². The van der Waals surface area contributed by atoms with Crippen molar-refractivity contribution in [2.75, 3.05) is 10.6 Å². The number of hydrogen-bond donors (Lipinski definition) is 2. The maximum absolute atomic E-state index is 5.99. The maximum Gasteiger partial charge on any atom is 0.229 e. The monoisotopic (exact) mass is 325 g/mol. The second kappa shape index (κ2) is 7.07. The Bertz CT molecular complexity index is 792. The Morgan fingerprint density at radius 3 is 2.78 bits per heavy atom. The smallest absolute Gasteiger partial charge is 0.229 e. The van der Waals surface area contributed by atoms with Crippen LogP contribution < -0.4 is 10.6 Å². The Labute approximate surface area is 139 Å². The summed E-state index contributed by atoms with van der Waals surface area (Å²) < 4.78 is 0. The molecule has 0 fully saturated rings. The molecule has 2 aromatic heterocycles. The molecule has 116 valence electrons. The molecular weight excluding hydrogens is 310 g/mol. The van der Waals surface area contributed by atoms with Gasteiger partial charge in [-0.25, -0.2) is 4.98 Å². The summed E-state index contributed by atoms with van der Waals surface area (Å²) >= 11 is 5.99. The number of halogens is 1. The standard InChI is InChI=1S/C17H16ClN5/c1-12-8-16(20-11-13-4-3-7-19-10-13)23-17(21-12)22-15-6-2-5-14(18)9-15/h2-10H,11H2,1H3,(H2,20,21,22,23). The van der Waals surface area contributed by atoms with Crippen molar-refractivity contribution >= 4 is 29.1 Å². The molecule has 0 saturated heterocycles. The highest BCUT2D eigenvalue weighted by atomic mass is 35.5. The Balaban J connectivity index is 1.73. The lowest BCUT2D eigenvalue weighted by atomic mass is 10.3. The molecule has 0 unspecified atom stereocenters. The number of aromatic nitrogens is 3. The Kier molecular flexibility index (Phi) is 4.68. The van der Waals surface area contributed by atoms with Gasteiger partial charge < -0.3 is 10.6 Å². The molecule has 0 aliphatic carbocycles. The van der Waals surface area contributed by atoms with Crippen molar-refractivity contribution in [1.82, 2.24) is 15.0 Å². The number of rotatable bonds is 5. The number of anilines is 3. The fourth-order valence-corrected chi connectivity index (χ4v) is 2.30. The van der Waals surface area contributed by atoms with E-state index < -0.39 is 0 Å². The van der Waals surface area contributed by atoms with Crippen LogP contribution in [-0.4, -0.2) is 15.0 Å². The number of nitrogens with one attached hydrogen (secondary N) is 2. The molecule has 1 aromatic carbocycles. The average molecular weight is 326 g/mol. The zero-order valence-electron chi connectivity index (χ0n) is 12.6. The third-order valence-electron chi connectivity index (χ3n) is 3.13. The highest BCUT2D eigenvalue weighted by Crippen LogP contribution is 2.19. The van der Waals surface area contributed by atoms with Gasteiger partial charge in [0.25, 0.3) is 0 Å². The van der Waals surface area contributed by atoms with E-state index >= 15 is 0 Å². The first kappa shape index (κ1) is 15.2. The molecule has 2 N–H and O–H groups in total. The fourth-order valence-electron chi connectivity index (χ4n) is 2.11. The maximum atomic E-state index is 5.99. The van der Waals surface area contributed by atoms with E-state index in [4.69, 9.17) is 11.6 Å². The van der Waals surface area contributed by atoms with Crippen molar-refractivity contribution in [3.63, 3.8) is 0 Å². The predicted molar refractivity (Wildman–Crippen MR) is 93.1 cm³/mol. The predicted octanol–water partition coefficient (Wildman–Crippen LogP) is 4.19. The molecule has 6 heteroatoms. The molecule has 3 rings (SSSR count). The van der Waals surface area contributed by atoms with Gasteiger partial charge in [-0.1, -0.05) is 23.7 Å². The summed E-state index contributed by atoms with van der Waals surface area (Å²) in [5, 5.41) is 7.11. The van der Waals surface area contributed by atoms with Gasteiger partial charge in [-0.05, 0) is 36.8 Å². The van der Waals surface area contributed by atoms with Crippen LogP contribution in [0.1, 0.15) is 11.3 Å². The van der Waals surface area contributed by atoms with E-state index in [2.05, 4.69) is 25.6 Å². The molecular formula is C17H16ClN5. The SMILES string of the molecule is Cc1cc(NCc2cccnc2)nc(Nc2cccc(Cl)c2)n1. The van der Waals surface area contributed by atoms with Crippen molar-refractivity contribution in [3.8, 4) is 0 Å². The van der Waals surface area contributed by atoms with Crippen LogP contribution in [0.2, 0.25) is 5.02 Å².